The van der Waals surface area contributed by atoms with Crippen LogP contribution in [0.15, 0.2) is 0 Å². The van der Waals surface area contributed by atoms with E-state index in [2.05, 4.69) is 0 Å². The zero-order valence-electron chi connectivity index (χ0n) is 9.00. The summed E-state index contributed by atoms with van der Waals surface area (Å²) >= 11 is 0. The van der Waals surface area contributed by atoms with Gasteiger partial charge in [0.05, 0.1) is 12.1 Å². The van der Waals surface area contributed by atoms with E-state index in [0.29, 0.717) is 0 Å². The van der Waals surface area contributed by atoms with Gasteiger partial charge in [-0.1, -0.05) is 6.10 Å². The number of rotatable bonds is 3. The van der Waals surface area contributed by atoms with Gasteiger partial charge in [-0.2, -0.15) is 0 Å². The molecule has 0 spiro atoms. The molecule has 2 atom stereocenters. The fourth-order valence-electron chi connectivity index (χ4n) is 0.252. The molecule has 0 aromatic carbocycles. The van der Waals surface area contributed by atoms with Gasteiger partial charge in [-0.15, -0.1) is 10.1 Å². The van der Waals surface area contributed by atoms with Gasteiger partial charge in [-0.25, -0.2) is 0 Å². The molecule has 0 aliphatic heterocycles. The first kappa shape index (κ1) is 43.3. The van der Waals surface area contributed by atoms with E-state index >= 15 is 0 Å². The van der Waals surface area contributed by atoms with Crippen LogP contribution >= 0.6 is 0 Å². The van der Waals surface area contributed by atoms with Gasteiger partial charge in [-0.05, 0) is 0 Å². The van der Waals surface area contributed by atoms with E-state index in [1.54, 1.807) is 0 Å². The van der Waals surface area contributed by atoms with Crippen LogP contribution in [-0.4, -0.2) is 39.5 Å². The second kappa shape index (κ2) is 21.7. The van der Waals surface area contributed by atoms with E-state index in [-0.39, 0.29) is 41.4 Å². The molecule has 0 rings (SSSR count). The number of carbonyl (C=O) groups excluding carboxylic acids is 2. The molecule has 0 aliphatic carbocycles. The molecule has 19 heavy (non-hydrogen) atoms. The Morgan fingerprint density at radius 3 is 1.26 bits per heavy atom. The molecular weight excluding hydrogens is 321 g/mol. The molecule has 120 valence electrons. The summed E-state index contributed by atoms with van der Waals surface area (Å²) in [7, 11) is 0. The van der Waals surface area contributed by atoms with E-state index in [1.807, 2.05) is 0 Å². The van der Waals surface area contributed by atoms with Gasteiger partial charge in [0.15, 0.2) is 0 Å². The van der Waals surface area contributed by atoms with Gasteiger partial charge in [0.25, 0.3) is 5.09 Å². The van der Waals surface area contributed by atoms with Gasteiger partial charge in [0.1, 0.15) is 0 Å². The van der Waals surface area contributed by atoms with Crippen LogP contribution < -0.4 is 15.3 Å². The Balaban J connectivity index is -0.0000000288. The number of aliphatic carboxylic acids is 2. The van der Waals surface area contributed by atoms with Crippen molar-refractivity contribution in [2.24, 2.45) is 0 Å². The Hall–Kier alpha value is -1.59. The van der Waals surface area contributed by atoms with Crippen LogP contribution in [-0.2, 0) is 26.4 Å². The number of hydrogen-bond donors (Lipinski definition) is 2. The molecule has 0 saturated carbocycles. The number of carboxylic acids is 2. The first-order chi connectivity index (χ1) is 6.20. The van der Waals surface area contributed by atoms with Crippen molar-refractivity contribution in [1.29, 1.82) is 0 Å². The van der Waals surface area contributed by atoms with Crippen LogP contribution in [0, 0.1) is 10.1 Å². The average Bonchev–Trinajstić information content (AvgIpc) is 2.00. The van der Waals surface area contributed by atoms with Crippen LogP contribution in [0.2, 0.25) is 0 Å². The number of nitrogens with two attached hydrogens (primary N) is 4. The van der Waals surface area contributed by atoms with Crippen LogP contribution in [0.25, 0.3) is 24.6 Å². The molecule has 14 nitrogen and oxygen atoms in total. The Bertz CT molecular complexity index is 219. The minimum Gasteiger partial charge on any atom is -0.846 e. The zero-order valence-corrected chi connectivity index (χ0v) is 10.0. The largest absolute Gasteiger partial charge is 3.00 e. The molecule has 0 aromatic rings. The normalized spacial score (nSPS) is 9.58. The summed E-state index contributed by atoms with van der Waals surface area (Å²) in [5.74, 6) is -4.29. The molecule has 0 heterocycles. The Labute approximate surface area is 117 Å². The SMILES string of the molecule is O=C([O-])C([O-])C(O)C(=O)[O-].O=[N+]([O-])O.[Co+3].[NH2-].[NH2-].[NH2-].[NH2-]. The van der Waals surface area contributed by atoms with E-state index in [1.165, 1.54) is 0 Å². The van der Waals surface area contributed by atoms with Crippen molar-refractivity contribution in [3.8, 4) is 0 Å². The number of carboxylic acid groups (broad SMARTS) is 2. The van der Waals surface area contributed by atoms with Gasteiger partial charge < -0.3 is 59.8 Å². The molecule has 0 bridgehead atoms. The van der Waals surface area contributed by atoms with Crippen LogP contribution in [0.1, 0.15) is 0 Å². The predicted octanol–water partition coefficient (Wildman–Crippen LogP) is -2.91. The maximum absolute atomic E-state index is 10.0. The summed E-state index contributed by atoms with van der Waals surface area (Å²) in [6, 6.07) is 0. The summed E-state index contributed by atoms with van der Waals surface area (Å²) < 4.78 is 0. The van der Waals surface area contributed by atoms with Crippen LogP contribution in [0.3, 0.4) is 0 Å². The molecule has 10 N–H and O–H groups in total. The number of hydrogen-bond acceptors (Lipinski definition) is 8. The number of carbonyl (C=O) groups is 2. The zero-order chi connectivity index (χ0) is 11.9. The van der Waals surface area contributed by atoms with Crippen molar-refractivity contribution < 1.29 is 57.1 Å². The molecule has 0 fully saturated rings. The molecule has 0 aliphatic rings. The summed E-state index contributed by atoms with van der Waals surface area (Å²) in [5.41, 5.74) is 0. The summed E-state index contributed by atoms with van der Waals surface area (Å²) in [4.78, 5) is 27.5. The van der Waals surface area contributed by atoms with E-state index < -0.39 is 29.2 Å². The van der Waals surface area contributed by atoms with Crippen molar-refractivity contribution in [3.63, 3.8) is 0 Å². The maximum atomic E-state index is 10.0. The summed E-state index contributed by atoms with van der Waals surface area (Å²) in [6.45, 7) is 0. The van der Waals surface area contributed by atoms with Crippen molar-refractivity contribution in [2.45, 2.75) is 12.2 Å². The van der Waals surface area contributed by atoms with E-state index in [9.17, 15) is 24.9 Å². The average molecular weight is 333 g/mol. The standard InChI is InChI=1S/C4H5O6.Co.HNO3.4H2N/c5-1(3(7)8)2(6)4(9)10;;2-1(3)4;;;;/h1-2,5H,(H,7,8)(H,9,10);;(H,2,3,4);4*1H2/q-1;+3;;4*-1/p-2. The van der Waals surface area contributed by atoms with Crippen molar-refractivity contribution in [3.05, 3.63) is 34.7 Å². The van der Waals surface area contributed by atoms with Crippen LogP contribution in [0.5, 0.6) is 0 Å². The molecule has 0 saturated heterocycles. The first-order valence-electron chi connectivity index (χ1n) is 2.79. The third-order valence-corrected chi connectivity index (χ3v) is 0.761. The summed E-state index contributed by atoms with van der Waals surface area (Å²) in [5, 5.41) is 51.0. The Morgan fingerprint density at radius 1 is 1.00 bits per heavy atom. The summed E-state index contributed by atoms with van der Waals surface area (Å²) in [6.07, 6.45) is -5.24. The first-order valence-corrected chi connectivity index (χ1v) is 2.79. The minimum atomic E-state index is -2.69. The van der Waals surface area contributed by atoms with Crippen molar-refractivity contribution >= 4 is 11.9 Å². The number of aliphatic hydroxyl groups is 1. The van der Waals surface area contributed by atoms with Gasteiger partial charge in [-0.3, -0.25) is 0 Å². The third kappa shape index (κ3) is 31.4. The molecule has 15 heteroatoms. The third-order valence-electron chi connectivity index (χ3n) is 0.761. The minimum absolute atomic E-state index is 0. The number of nitrogens with zero attached hydrogens (tertiary/aromatic N) is 1. The number of aliphatic hydroxyl groups excluding tert-OH is 1. The van der Waals surface area contributed by atoms with E-state index in [4.69, 9.17) is 20.4 Å². The van der Waals surface area contributed by atoms with Crippen molar-refractivity contribution in [2.75, 3.05) is 0 Å². The van der Waals surface area contributed by atoms with Gasteiger partial charge in [0.2, 0.25) is 0 Å². The van der Waals surface area contributed by atoms with Crippen molar-refractivity contribution in [1.82, 2.24) is 0 Å². The Morgan fingerprint density at radius 2 is 1.21 bits per heavy atom. The molecular formula is C4H12CoN5O9-4. The Kier molecular flexibility index (Phi) is 49.3. The smallest absolute Gasteiger partial charge is 0.846 e. The monoisotopic (exact) mass is 333 g/mol. The topological polar surface area (TPSA) is 321 Å². The fourth-order valence-corrected chi connectivity index (χ4v) is 0.252. The molecule has 0 radical (unpaired) electrons. The molecule has 2 unspecified atom stereocenters. The quantitative estimate of drug-likeness (QED) is 0.394. The predicted molar refractivity (Wildman–Crippen MR) is 49.7 cm³/mol. The van der Waals surface area contributed by atoms with Crippen LogP contribution in [0.4, 0.5) is 0 Å². The molecule has 0 amide bonds. The second-order valence-corrected chi connectivity index (χ2v) is 1.74. The second-order valence-electron chi connectivity index (χ2n) is 1.74. The maximum Gasteiger partial charge on any atom is 3.00 e. The van der Waals surface area contributed by atoms with Gasteiger partial charge >= 0.3 is 16.8 Å². The van der Waals surface area contributed by atoms with E-state index in [0.717, 1.165) is 0 Å². The molecule has 0 aromatic heterocycles. The van der Waals surface area contributed by atoms with Gasteiger partial charge in [0, 0.05) is 5.97 Å². The fraction of sp³-hybridized carbons (Fsp3) is 0.500.